The number of cyclic esters (lactones) is 1. The van der Waals surface area contributed by atoms with E-state index in [1.54, 1.807) is 41.8 Å². The van der Waals surface area contributed by atoms with Crippen molar-refractivity contribution in [3.8, 4) is 0 Å². The molecule has 2 aromatic rings. The smallest absolute Gasteiger partial charge is 0.414 e. The first-order chi connectivity index (χ1) is 11.1. The third kappa shape index (κ3) is 3.32. The average Bonchev–Trinajstić information content (AvgIpc) is 3.24. The van der Waals surface area contributed by atoms with Gasteiger partial charge in [-0.2, -0.15) is 0 Å². The van der Waals surface area contributed by atoms with E-state index >= 15 is 0 Å². The minimum atomic E-state index is -0.439. The Balaban J connectivity index is 1.59. The first kappa shape index (κ1) is 15.0. The Labute approximate surface area is 135 Å². The van der Waals surface area contributed by atoms with Crippen LogP contribution < -0.4 is 15.8 Å². The minimum absolute atomic E-state index is 0.357. The van der Waals surface area contributed by atoms with Crippen molar-refractivity contribution in [1.82, 2.24) is 10.9 Å². The van der Waals surface area contributed by atoms with Crippen molar-refractivity contribution in [2.24, 2.45) is 0 Å². The molecule has 0 bridgehead atoms. The third-order valence-corrected chi connectivity index (χ3v) is 4.11. The number of nitrogens with one attached hydrogen (secondary N) is 2. The molecule has 3 rings (SSSR count). The number of hydrogen-bond acceptors (Lipinski definition) is 5. The number of hydrazine groups is 1. The predicted octanol–water partition coefficient (Wildman–Crippen LogP) is 1.78. The Hall–Kier alpha value is -2.87. The van der Waals surface area contributed by atoms with Gasteiger partial charge in [0.05, 0.1) is 11.4 Å². The number of benzene rings is 1. The summed E-state index contributed by atoms with van der Waals surface area (Å²) in [5.41, 5.74) is 5.72. The summed E-state index contributed by atoms with van der Waals surface area (Å²) in [6, 6.07) is 9.88. The first-order valence-electron chi connectivity index (χ1n) is 6.84. The van der Waals surface area contributed by atoms with Crippen molar-refractivity contribution in [1.29, 1.82) is 0 Å². The van der Waals surface area contributed by atoms with Crippen LogP contribution in [-0.2, 0) is 4.74 Å². The highest BCUT2D eigenvalue weighted by atomic mass is 32.1. The summed E-state index contributed by atoms with van der Waals surface area (Å²) < 4.78 is 4.86. The molecule has 1 aliphatic heterocycles. The molecule has 0 atom stereocenters. The highest BCUT2D eigenvalue weighted by Gasteiger charge is 2.23. The monoisotopic (exact) mass is 331 g/mol. The molecule has 3 amide bonds. The number of amides is 3. The van der Waals surface area contributed by atoms with Gasteiger partial charge in [-0.25, -0.2) is 4.79 Å². The van der Waals surface area contributed by atoms with Crippen molar-refractivity contribution in [3.05, 3.63) is 52.2 Å². The molecule has 2 N–H and O–H groups in total. The lowest BCUT2D eigenvalue weighted by molar-refractivity contribution is 0.0849. The fraction of sp³-hybridized carbons (Fsp3) is 0.133. The van der Waals surface area contributed by atoms with Crippen LogP contribution in [0.5, 0.6) is 0 Å². The number of thiophene rings is 1. The number of rotatable bonds is 3. The van der Waals surface area contributed by atoms with E-state index < -0.39 is 12.0 Å². The third-order valence-electron chi connectivity index (χ3n) is 3.24. The Morgan fingerprint density at radius 2 is 1.83 bits per heavy atom. The van der Waals surface area contributed by atoms with Crippen LogP contribution in [0.1, 0.15) is 20.0 Å². The molecule has 0 saturated carbocycles. The van der Waals surface area contributed by atoms with Gasteiger partial charge in [-0.05, 0) is 35.7 Å². The van der Waals surface area contributed by atoms with E-state index in [0.29, 0.717) is 29.3 Å². The van der Waals surface area contributed by atoms with Crippen LogP contribution in [0.25, 0.3) is 0 Å². The lowest BCUT2D eigenvalue weighted by Crippen LogP contribution is -2.41. The molecule has 0 radical (unpaired) electrons. The highest BCUT2D eigenvalue weighted by Crippen LogP contribution is 2.19. The molecule has 1 saturated heterocycles. The SMILES string of the molecule is O=C(NNC(=O)c1cccs1)c1ccc(N2CCOC2=O)cc1. The second kappa shape index (κ2) is 6.49. The minimum Gasteiger partial charge on any atom is -0.447 e. The summed E-state index contributed by atoms with van der Waals surface area (Å²) in [5.74, 6) is -0.810. The number of nitrogens with zero attached hydrogens (tertiary/aromatic N) is 1. The Morgan fingerprint density at radius 3 is 2.43 bits per heavy atom. The second-order valence-corrected chi connectivity index (χ2v) is 5.65. The van der Waals surface area contributed by atoms with Gasteiger partial charge in [0, 0.05) is 11.3 Å². The van der Waals surface area contributed by atoms with Gasteiger partial charge >= 0.3 is 6.09 Å². The van der Waals surface area contributed by atoms with E-state index in [1.807, 2.05) is 0 Å². The second-order valence-electron chi connectivity index (χ2n) is 4.70. The lowest BCUT2D eigenvalue weighted by atomic mass is 10.2. The number of anilines is 1. The molecule has 1 fully saturated rings. The molecule has 23 heavy (non-hydrogen) atoms. The standard InChI is InChI=1S/C15H13N3O4S/c19-13(16-17-14(20)12-2-1-9-23-12)10-3-5-11(6-4-10)18-7-8-22-15(18)21/h1-6,9H,7-8H2,(H,16,19)(H,17,20). The van der Waals surface area contributed by atoms with Crippen LogP contribution in [0.4, 0.5) is 10.5 Å². The molecular weight excluding hydrogens is 318 g/mol. The van der Waals surface area contributed by atoms with Crippen LogP contribution in [-0.4, -0.2) is 31.1 Å². The zero-order valence-corrected chi connectivity index (χ0v) is 12.8. The van der Waals surface area contributed by atoms with Crippen molar-refractivity contribution in [3.63, 3.8) is 0 Å². The topological polar surface area (TPSA) is 87.7 Å². The van der Waals surface area contributed by atoms with E-state index in [4.69, 9.17) is 4.74 Å². The molecule has 0 aliphatic carbocycles. The Kier molecular flexibility index (Phi) is 4.24. The zero-order valence-electron chi connectivity index (χ0n) is 11.9. The normalized spacial score (nSPS) is 13.6. The van der Waals surface area contributed by atoms with Gasteiger partial charge in [0.1, 0.15) is 6.61 Å². The molecule has 0 spiro atoms. The van der Waals surface area contributed by atoms with Gasteiger partial charge in [-0.3, -0.25) is 25.3 Å². The van der Waals surface area contributed by atoms with Gasteiger partial charge in [0.15, 0.2) is 0 Å². The first-order valence-corrected chi connectivity index (χ1v) is 7.71. The van der Waals surface area contributed by atoms with Gasteiger partial charge < -0.3 is 4.74 Å². The maximum absolute atomic E-state index is 12.0. The quantitative estimate of drug-likeness (QED) is 0.839. The predicted molar refractivity (Wildman–Crippen MR) is 84.4 cm³/mol. The molecule has 8 heteroatoms. The molecular formula is C15H13N3O4S. The number of hydrogen-bond donors (Lipinski definition) is 2. The molecule has 1 aromatic carbocycles. The highest BCUT2D eigenvalue weighted by molar-refractivity contribution is 7.12. The summed E-state index contributed by atoms with van der Waals surface area (Å²) in [7, 11) is 0. The van der Waals surface area contributed by atoms with Gasteiger partial charge in [0.2, 0.25) is 0 Å². The van der Waals surface area contributed by atoms with Gasteiger partial charge in [-0.15, -0.1) is 11.3 Å². The summed E-state index contributed by atoms with van der Waals surface area (Å²) in [6.07, 6.45) is -0.398. The van der Waals surface area contributed by atoms with Gasteiger partial charge in [0.25, 0.3) is 11.8 Å². The number of carbonyl (C=O) groups excluding carboxylic acids is 3. The summed E-state index contributed by atoms with van der Waals surface area (Å²) in [5, 5.41) is 1.78. The van der Waals surface area contributed by atoms with E-state index in [-0.39, 0.29) is 5.91 Å². The van der Waals surface area contributed by atoms with Crippen LogP contribution in [0.2, 0.25) is 0 Å². The maximum Gasteiger partial charge on any atom is 0.414 e. The van der Waals surface area contributed by atoms with E-state index in [9.17, 15) is 14.4 Å². The van der Waals surface area contributed by atoms with Crippen LogP contribution in [0, 0.1) is 0 Å². The van der Waals surface area contributed by atoms with E-state index in [2.05, 4.69) is 10.9 Å². The molecule has 1 aromatic heterocycles. The molecule has 2 heterocycles. The molecule has 0 unspecified atom stereocenters. The molecule has 118 valence electrons. The zero-order chi connectivity index (χ0) is 16.2. The number of ether oxygens (including phenoxy) is 1. The van der Waals surface area contributed by atoms with Crippen molar-refractivity contribution < 1.29 is 19.1 Å². The Morgan fingerprint density at radius 1 is 1.09 bits per heavy atom. The lowest BCUT2D eigenvalue weighted by Gasteiger charge is -2.13. The Bertz CT molecular complexity index is 728. The van der Waals surface area contributed by atoms with E-state index in [0.717, 1.165) is 0 Å². The molecule has 7 nitrogen and oxygen atoms in total. The van der Waals surface area contributed by atoms with Crippen LogP contribution in [0.3, 0.4) is 0 Å². The summed E-state index contributed by atoms with van der Waals surface area (Å²) in [6.45, 7) is 0.844. The van der Waals surface area contributed by atoms with Crippen LogP contribution in [0.15, 0.2) is 41.8 Å². The van der Waals surface area contributed by atoms with Gasteiger partial charge in [-0.1, -0.05) is 6.07 Å². The van der Waals surface area contributed by atoms with Crippen molar-refractivity contribution >= 4 is 34.9 Å². The average molecular weight is 331 g/mol. The van der Waals surface area contributed by atoms with Crippen molar-refractivity contribution in [2.45, 2.75) is 0 Å². The number of carbonyl (C=O) groups is 3. The fourth-order valence-corrected chi connectivity index (χ4v) is 2.69. The van der Waals surface area contributed by atoms with Crippen molar-refractivity contribution in [2.75, 3.05) is 18.1 Å². The fourth-order valence-electron chi connectivity index (χ4n) is 2.08. The summed E-state index contributed by atoms with van der Waals surface area (Å²) in [4.78, 5) is 37.2. The largest absolute Gasteiger partial charge is 0.447 e. The van der Waals surface area contributed by atoms with E-state index in [1.165, 1.54) is 16.2 Å². The molecule has 1 aliphatic rings. The summed E-state index contributed by atoms with van der Waals surface area (Å²) >= 11 is 1.28. The maximum atomic E-state index is 12.0. The van der Waals surface area contributed by atoms with Crippen LogP contribution >= 0.6 is 11.3 Å².